The lowest BCUT2D eigenvalue weighted by Crippen LogP contribution is -2.45. The minimum Gasteiger partial charge on any atom is -0.354 e. The van der Waals surface area contributed by atoms with Crippen molar-refractivity contribution >= 4 is 15.9 Å². The van der Waals surface area contributed by atoms with E-state index in [4.69, 9.17) is 0 Å². The molecule has 2 N–H and O–H groups in total. The number of rotatable bonds is 6. The number of amides is 1. The van der Waals surface area contributed by atoms with Crippen molar-refractivity contribution in [2.24, 2.45) is 5.92 Å². The highest BCUT2D eigenvalue weighted by Gasteiger charge is 2.31. The van der Waals surface area contributed by atoms with E-state index in [2.05, 4.69) is 10.6 Å². The van der Waals surface area contributed by atoms with Crippen LogP contribution in [0.4, 0.5) is 0 Å². The lowest BCUT2D eigenvalue weighted by atomic mass is 9.97. The quantitative estimate of drug-likeness (QED) is 0.803. The Morgan fingerprint density at radius 2 is 1.83 bits per heavy atom. The van der Waals surface area contributed by atoms with Gasteiger partial charge >= 0.3 is 0 Å². The summed E-state index contributed by atoms with van der Waals surface area (Å²) in [4.78, 5) is 12.5. The first kappa shape index (κ1) is 18.9. The smallest absolute Gasteiger partial charge is 0.243 e. The van der Waals surface area contributed by atoms with Gasteiger partial charge < -0.3 is 10.6 Å². The van der Waals surface area contributed by atoms with Gasteiger partial charge in [-0.3, -0.25) is 4.79 Å². The molecule has 1 aliphatic heterocycles. The van der Waals surface area contributed by atoms with Crippen molar-refractivity contribution in [3.63, 3.8) is 0 Å². The first-order chi connectivity index (χ1) is 11.3. The van der Waals surface area contributed by atoms with Crippen LogP contribution in [-0.2, 0) is 14.8 Å². The summed E-state index contributed by atoms with van der Waals surface area (Å²) in [5, 5.41) is 6.00. The van der Waals surface area contributed by atoms with Crippen LogP contribution in [0.3, 0.4) is 0 Å². The molecule has 2 rings (SSSR count). The molecule has 6 nitrogen and oxygen atoms in total. The summed E-state index contributed by atoms with van der Waals surface area (Å²) in [6.07, 6.45) is 1.12. The van der Waals surface area contributed by atoms with Gasteiger partial charge in [0.1, 0.15) is 0 Å². The van der Waals surface area contributed by atoms with Crippen molar-refractivity contribution in [1.29, 1.82) is 0 Å². The minimum atomic E-state index is -3.47. The zero-order valence-electron chi connectivity index (χ0n) is 14.6. The monoisotopic (exact) mass is 353 g/mol. The molecular formula is C17H27N3O3S. The van der Waals surface area contributed by atoms with Gasteiger partial charge in [-0.1, -0.05) is 17.7 Å². The number of likely N-dealkylation sites (N-methyl/N-ethyl adjacent to an activating group) is 1. The Kier molecular flexibility index (Phi) is 6.37. The van der Waals surface area contributed by atoms with Crippen molar-refractivity contribution in [3.8, 4) is 0 Å². The summed E-state index contributed by atoms with van der Waals surface area (Å²) in [5.41, 5.74) is 1.03. The van der Waals surface area contributed by atoms with Crippen molar-refractivity contribution in [3.05, 3.63) is 29.8 Å². The summed E-state index contributed by atoms with van der Waals surface area (Å²) >= 11 is 0. The van der Waals surface area contributed by atoms with E-state index in [-0.39, 0.29) is 17.9 Å². The number of piperidine rings is 1. The maximum Gasteiger partial charge on any atom is 0.243 e. The summed E-state index contributed by atoms with van der Waals surface area (Å²) in [6.45, 7) is 5.27. The molecule has 1 aliphatic rings. The fourth-order valence-electron chi connectivity index (χ4n) is 2.72. The SMILES string of the molecule is CNC(C)CNC(=O)C1CCN(S(=O)(=O)c2ccc(C)cc2)CC1. The Hall–Kier alpha value is -1.44. The molecule has 7 heteroatoms. The van der Waals surface area contributed by atoms with Crippen LogP contribution in [0.1, 0.15) is 25.3 Å². The van der Waals surface area contributed by atoms with Gasteiger partial charge in [0.25, 0.3) is 0 Å². The molecule has 0 bridgehead atoms. The van der Waals surface area contributed by atoms with Crippen LogP contribution >= 0.6 is 0 Å². The number of carbonyl (C=O) groups excluding carboxylic acids is 1. The molecule has 134 valence electrons. The molecular weight excluding hydrogens is 326 g/mol. The first-order valence-electron chi connectivity index (χ1n) is 8.36. The Morgan fingerprint density at radius 3 is 2.38 bits per heavy atom. The van der Waals surface area contributed by atoms with Crippen LogP contribution in [0.25, 0.3) is 0 Å². The maximum absolute atomic E-state index is 12.6. The van der Waals surface area contributed by atoms with Crippen LogP contribution < -0.4 is 10.6 Å². The molecule has 1 heterocycles. The average molecular weight is 353 g/mol. The molecule has 1 saturated heterocycles. The molecule has 0 aromatic heterocycles. The topological polar surface area (TPSA) is 78.5 Å². The molecule has 1 unspecified atom stereocenters. The Balaban J connectivity index is 1.92. The van der Waals surface area contributed by atoms with Crippen LogP contribution in [0, 0.1) is 12.8 Å². The number of sulfonamides is 1. The summed E-state index contributed by atoms with van der Waals surface area (Å²) in [6, 6.07) is 7.10. The van der Waals surface area contributed by atoms with E-state index in [9.17, 15) is 13.2 Å². The van der Waals surface area contributed by atoms with Crippen LogP contribution in [-0.4, -0.2) is 51.4 Å². The van der Waals surface area contributed by atoms with E-state index < -0.39 is 10.0 Å². The van der Waals surface area contributed by atoms with Crippen LogP contribution in [0.15, 0.2) is 29.2 Å². The molecule has 1 fully saturated rings. The molecule has 0 saturated carbocycles. The van der Waals surface area contributed by atoms with Gasteiger partial charge in [-0.05, 0) is 45.9 Å². The number of nitrogens with one attached hydrogen (secondary N) is 2. The zero-order valence-corrected chi connectivity index (χ0v) is 15.4. The third-order valence-corrected chi connectivity index (χ3v) is 6.47. The van der Waals surface area contributed by atoms with E-state index in [0.29, 0.717) is 37.4 Å². The summed E-state index contributed by atoms with van der Waals surface area (Å²) in [7, 11) is -1.61. The summed E-state index contributed by atoms with van der Waals surface area (Å²) in [5.74, 6) is -0.0944. The second-order valence-corrected chi connectivity index (χ2v) is 8.36. The van der Waals surface area contributed by atoms with Gasteiger partial charge in [-0.25, -0.2) is 8.42 Å². The fourth-order valence-corrected chi connectivity index (χ4v) is 4.19. The fraction of sp³-hybridized carbons (Fsp3) is 0.588. The number of aryl methyl sites for hydroxylation is 1. The highest BCUT2D eigenvalue weighted by Crippen LogP contribution is 2.24. The molecule has 1 aromatic rings. The third-order valence-electron chi connectivity index (χ3n) is 4.56. The van der Waals surface area contributed by atoms with E-state index in [0.717, 1.165) is 5.56 Å². The zero-order chi connectivity index (χ0) is 17.7. The van der Waals surface area contributed by atoms with Gasteiger partial charge in [0.15, 0.2) is 0 Å². The predicted octanol–water partition coefficient (Wildman–Crippen LogP) is 1.12. The van der Waals surface area contributed by atoms with Gasteiger partial charge in [0, 0.05) is 31.6 Å². The predicted molar refractivity (Wildman–Crippen MR) is 94.2 cm³/mol. The van der Waals surface area contributed by atoms with Gasteiger partial charge in [-0.15, -0.1) is 0 Å². The lowest BCUT2D eigenvalue weighted by Gasteiger charge is -2.30. The van der Waals surface area contributed by atoms with Gasteiger partial charge in [-0.2, -0.15) is 4.31 Å². The maximum atomic E-state index is 12.6. The molecule has 1 amide bonds. The Morgan fingerprint density at radius 1 is 1.25 bits per heavy atom. The number of hydrogen-bond acceptors (Lipinski definition) is 4. The normalized spacial score (nSPS) is 18.3. The van der Waals surface area contributed by atoms with Crippen molar-refractivity contribution in [1.82, 2.24) is 14.9 Å². The largest absolute Gasteiger partial charge is 0.354 e. The number of hydrogen-bond donors (Lipinski definition) is 2. The Labute approximate surface area is 144 Å². The highest BCUT2D eigenvalue weighted by atomic mass is 32.2. The van der Waals surface area contributed by atoms with Gasteiger partial charge in [0.2, 0.25) is 15.9 Å². The molecule has 1 atom stereocenters. The van der Waals surface area contributed by atoms with Gasteiger partial charge in [0.05, 0.1) is 4.90 Å². The molecule has 24 heavy (non-hydrogen) atoms. The first-order valence-corrected chi connectivity index (χ1v) is 9.80. The van der Waals surface area contributed by atoms with Crippen molar-refractivity contribution < 1.29 is 13.2 Å². The van der Waals surface area contributed by atoms with E-state index in [1.807, 2.05) is 20.9 Å². The van der Waals surface area contributed by atoms with Crippen molar-refractivity contribution in [2.45, 2.75) is 37.6 Å². The third kappa shape index (κ3) is 4.55. The average Bonchev–Trinajstić information content (AvgIpc) is 2.59. The minimum absolute atomic E-state index is 0.0180. The second kappa shape index (κ2) is 8.09. The summed E-state index contributed by atoms with van der Waals surface area (Å²) < 4.78 is 26.8. The lowest BCUT2D eigenvalue weighted by molar-refractivity contribution is -0.126. The van der Waals surface area contributed by atoms with Crippen LogP contribution in [0.5, 0.6) is 0 Å². The second-order valence-electron chi connectivity index (χ2n) is 6.43. The van der Waals surface area contributed by atoms with E-state index in [1.165, 1.54) is 4.31 Å². The van der Waals surface area contributed by atoms with E-state index in [1.54, 1.807) is 24.3 Å². The standard InChI is InChI=1S/C17H27N3O3S/c1-13-4-6-16(7-5-13)24(22,23)20-10-8-15(9-11-20)17(21)19-12-14(2)18-3/h4-7,14-15,18H,8-12H2,1-3H3,(H,19,21). The molecule has 0 radical (unpaired) electrons. The molecule has 0 spiro atoms. The van der Waals surface area contributed by atoms with Crippen LogP contribution in [0.2, 0.25) is 0 Å². The van der Waals surface area contributed by atoms with Crippen molar-refractivity contribution in [2.75, 3.05) is 26.7 Å². The Bertz CT molecular complexity index is 650. The van der Waals surface area contributed by atoms with E-state index >= 15 is 0 Å². The number of nitrogens with zero attached hydrogens (tertiary/aromatic N) is 1. The number of benzene rings is 1. The highest BCUT2D eigenvalue weighted by molar-refractivity contribution is 7.89. The molecule has 1 aromatic carbocycles. The number of carbonyl (C=O) groups is 1. The molecule has 0 aliphatic carbocycles.